The summed E-state index contributed by atoms with van der Waals surface area (Å²) in [4.78, 5) is 31.7. The van der Waals surface area contributed by atoms with Crippen LogP contribution in [-0.4, -0.2) is 79.1 Å². The molecule has 0 spiro atoms. The highest BCUT2D eigenvalue weighted by atomic mass is 16.6. The molecule has 0 N–H and O–H groups in total. The maximum atomic E-state index is 13.4. The number of piperidine rings is 1. The molecule has 1 aromatic carbocycles. The topological polar surface area (TPSA) is 53.1 Å². The minimum atomic E-state index is -0.601. The van der Waals surface area contributed by atoms with Crippen LogP contribution in [0.25, 0.3) is 0 Å². The summed E-state index contributed by atoms with van der Waals surface area (Å²) in [6.07, 6.45) is 2.01. The summed E-state index contributed by atoms with van der Waals surface area (Å²) in [5.41, 5.74) is 0.430. The normalized spacial score (nSPS) is 16.6. The van der Waals surface area contributed by atoms with Gasteiger partial charge in [-0.15, -0.1) is 0 Å². The molecule has 1 aliphatic heterocycles. The fraction of sp³-hybridized carbons (Fsp3) is 0.652. The monoisotopic (exact) mass is 403 g/mol. The van der Waals surface area contributed by atoms with Gasteiger partial charge in [0.25, 0.3) is 0 Å². The van der Waals surface area contributed by atoms with Crippen molar-refractivity contribution < 1.29 is 14.3 Å². The molecule has 0 bridgehead atoms. The van der Waals surface area contributed by atoms with Crippen molar-refractivity contribution in [1.29, 1.82) is 0 Å². The Labute approximate surface area is 175 Å². The minimum absolute atomic E-state index is 0.00511. The lowest BCUT2D eigenvalue weighted by atomic mass is 9.95. The van der Waals surface area contributed by atoms with Crippen LogP contribution in [0.15, 0.2) is 30.3 Å². The predicted octanol–water partition coefficient (Wildman–Crippen LogP) is 3.26. The first kappa shape index (κ1) is 23.2. The number of carbonyl (C=O) groups is 2. The van der Waals surface area contributed by atoms with Crippen LogP contribution >= 0.6 is 0 Å². The molecule has 0 radical (unpaired) electrons. The molecule has 1 atom stereocenters. The summed E-state index contributed by atoms with van der Waals surface area (Å²) in [5, 5.41) is 0. The highest BCUT2D eigenvalue weighted by molar-refractivity contribution is 5.86. The fourth-order valence-corrected chi connectivity index (χ4v) is 3.75. The van der Waals surface area contributed by atoms with E-state index < -0.39 is 17.7 Å². The molecule has 29 heavy (non-hydrogen) atoms. The van der Waals surface area contributed by atoms with Gasteiger partial charge in [0, 0.05) is 33.1 Å². The molecule has 1 aromatic rings. The number of hydrogen-bond donors (Lipinski definition) is 0. The number of benzene rings is 1. The molecule has 0 saturated carbocycles. The third-order valence-electron chi connectivity index (χ3n) is 5.26. The quantitative estimate of drug-likeness (QED) is 0.732. The van der Waals surface area contributed by atoms with Crippen LogP contribution in [0.5, 0.6) is 0 Å². The van der Waals surface area contributed by atoms with E-state index in [0.29, 0.717) is 12.3 Å². The number of ether oxygens (including phenoxy) is 1. The molecule has 2 amide bonds. The number of nitrogens with zero attached hydrogens (tertiary/aromatic N) is 3. The molecule has 162 valence electrons. The number of hydrogen-bond acceptors (Lipinski definition) is 4. The number of likely N-dealkylation sites (N-methyl/N-ethyl adjacent to an activating group) is 1. The van der Waals surface area contributed by atoms with Gasteiger partial charge in [0.05, 0.1) is 0 Å². The van der Waals surface area contributed by atoms with Crippen LogP contribution in [0.3, 0.4) is 0 Å². The van der Waals surface area contributed by atoms with Crippen molar-refractivity contribution in [2.24, 2.45) is 5.92 Å². The Morgan fingerprint density at radius 2 is 1.69 bits per heavy atom. The van der Waals surface area contributed by atoms with E-state index >= 15 is 0 Å². The molecule has 1 heterocycles. The molecule has 1 aliphatic rings. The summed E-state index contributed by atoms with van der Waals surface area (Å²) in [7, 11) is 5.84. The second kappa shape index (κ2) is 10.1. The maximum Gasteiger partial charge on any atom is 0.410 e. The van der Waals surface area contributed by atoms with Crippen molar-refractivity contribution in [2.45, 2.75) is 51.7 Å². The van der Waals surface area contributed by atoms with E-state index in [4.69, 9.17) is 4.74 Å². The van der Waals surface area contributed by atoms with Gasteiger partial charge in [-0.1, -0.05) is 30.3 Å². The summed E-state index contributed by atoms with van der Waals surface area (Å²) in [6.45, 7) is 8.04. The molecule has 1 fully saturated rings. The average molecular weight is 404 g/mol. The zero-order valence-electron chi connectivity index (χ0n) is 18.9. The summed E-state index contributed by atoms with van der Waals surface area (Å²) < 4.78 is 5.53. The maximum absolute atomic E-state index is 13.4. The van der Waals surface area contributed by atoms with Gasteiger partial charge in [-0.3, -0.25) is 9.69 Å². The molecule has 2 rings (SSSR count). The second-order valence-electron chi connectivity index (χ2n) is 9.33. The van der Waals surface area contributed by atoms with Crippen molar-refractivity contribution in [1.82, 2.24) is 14.7 Å². The Morgan fingerprint density at radius 1 is 1.10 bits per heavy atom. The number of amides is 2. The third-order valence-corrected chi connectivity index (χ3v) is 5.26. The van der Waals surface area contributed by atoms with E-state index in [1.165, 1.54) is 4.90 Å². The van der Waals surface area contributed by atoms with Crippen LogP contribution in [0, 0.1) is 5.92 Å². The van der Waals surface area contributed by atoms with Crippen LogP contribution in [0.1, 0.15) is 39.2 Å². The molecular weight excluding hydrogens is 366 g/mol. The van der Waals surface area contributed by atoms with Crippen LogP contribution in [0.4, 0.5) is 4.79 Å². The van der Waals surface area contributed by atoms with E-state index in [9.17, 15) is 9.59 Å². The molecule has 0 unspecified atom stereocenters. The molecule has 0 aromatic heterocycles. The molecule has 6 heteroatoms. The molecule has 6 nitrogen and oxygen atoms in total. The summed E-state index contributed by atoms with van der Waals surface area (Å²) >= 11 is 0. The molecule has 1 saturated heterocycles. The lowest BCUT2D eigenvalue weighted by molar-refractivity contribution is -0.138. The van der Waals surface area contributed by atoms with Crippen LogP contribution in [-0.2, 0) is 16.0 Å². The Balaban J connectivity index is 2.12. The first-order valence-electron chi connectivity index (χ1n) is 10.5. The van der Waals surface area contributed by atoms with Gasteiger partial charge >= 0.3 is 6.09 Å². The Bertz CT molecular complexity index is 662. The standard InChI is InChI=1S/C23H37N3O3/c1-23(2,3)29-22(28)25(6)20(16-18-10-8-7-9-11-18)21(27)26-14-12-19(13-15-26)17-24(4)5/h7-11,19-20H,12-17H2,1-6H3/t20-/m1/s1. The minimum Gasteiger partial charge on any atom is -0.444 e. The second-order valence-corrected chi connectivity index (χ2v) is 9.33. The van der Waals surface area contributed by atoms with Crippen molar-refractivity contribution in [3.63, 3.8) is 0 Å². The van der Waals surface area contributed by atoms with Gasteiger partial charge in [-0.25, -0.2) is 4.79 Å². The number of carbonyl (C=O) groups excluding carboxylic acids is 2. The van der Waals surface area contributed by atoms with Crippen molar-refractivity contribution >= 4 is 12.0 Å². The third kappa shape index (κ3) is 7.35. The SMILES string of the molecule is CN(C)CC1CCN(C(=O)[C@@H](Cc2ccccc2)N(C)C(=O)OC(C)(C)C)CC1. The Hall–Kier alpha value is -2.08. The van der Waals surface area contributed by atoms with Crippen molar-refractivity contribution in [2.75, 3.05) is 40.8 Å². The van der Waals surface area contributed by atoms with Gasteiger partial charge in [0.1, 0.15) is 11.6 Å². The lowest BCUT2D eigenvalue weighted by Gasteiger charge is -2.37. The zero-order chi connectivity index (χ0) is 21.6. The van der Waals surface area contributed by atoms with E-state index in [-0.39, 0.29) is 5.91 Å². The first-order chi connectivity index (χ1) is 13.6. The van der Waals surface area contributed by atoms with E-state index in [1.54, 1.807) is 7.05 Å². The van der Waals surface area contributed by atoms with Gasteiger partial charge in [-0.2, -0.15) is 0 Å². The highest BCUT2D eigenvalue weighted by Crippen LogP contribution is 2.21. The highest BCUT2D eigenvalue weighted by Gasteiger charge is 2.34. The number of likely N-dealkylation sites (tertiary alicyclic amines) is 1. The Kier molecular flexibility index (Phi) is 8.08. The van der Waals surface area contributed by atoms with E-state index in [2.05, 4.69) is 19.0 Å². The smallest absolute Gasteiger partial charge is 0.410 e. The predicted molar refractivity (Wildman–Crippen MR) is 116 cm³/mol. The summed E-state index contributed by atoms with van der Waals surface area (Å²) in [6, 6.07) is 9.28. The molecular formula is C23H37N3O3. The van der Waals surface area contributed by atoms with Crippen LogP contribution in [0.2, 0.25) is 0 Å². The lowest BCUT2D eigenvalue weighted by Crippen LogP contribution is -2.53. The first-order valence-corrected chi connectivity index (χ1v) is 10.5. The fourth-order valence-electron chi connectivity index (χ4n) is 3.75. The van der Waals surface area contributed by atoms with E-state index in [0.717, 1.165) is 38.0 Å². The van der Waals surface area contributed by atoms with Gasteiger partial charge < -0.3 is 14.5 Å². The van der Waals surface area contributed by atoms with Crippen molar-refractivity contribution in [3.8, 4) is 0 Å². The van der Waals surface area contributed by atoms with Gasteiger partial charge in [0.15, 0.2) is 0 Å². The largest absolute Gasteiger partial charge is 0.444 e. The summed E-state index contributed by atoms with van der Waals surface area (Å²) in [5.74, 6) is 0.621. The zero-order valence-corrected chi connectivity index (χ0v) is 18.9. The van der Waals surface area contributed by atoms with Crippen LogP contribution < -0.4 is 0 Å². The van der Waals surface area contributed by atoms with E-state index in [1.807, 2.05) is 56.0 Å². The molecule has 0 aliphatic carbocycles. The van der Waals surface area contributed by atoms with Gasteiger partial charge in [-0.05, 0) is 59.2 Å². The Morgan fingerprint density at radius 3 is 2.21 bits per heavy atom. The van der Waals surface area contributed by atoms with Crippen molar-refractivity contribution in [3.05, 3.63) is 35.9 Å². The van der Waals surface area contributed by atoms with Gasteiger partial charge in [0.2, 0.25) is 5.91 Å². The average Bonchev–Trinajstić information content (AvgIpc) is 2.64. The number of rotatable bonds is 6.